The number of nitrogens with zero attached hydrogens (tertiary/aromatic N) is 2. The van der Waals surface area contributed by atoms with Crippen molar-refractivity contribution in [1.29, 1.82) is 0 Å². The number of nitrogens with two attached hydrogens (primary N) is 1. The quantitative estimate of drug-likeness (QED) is 0.309. The number of rotatable bonds is 1. The van der Waals surface area contributed by atoms with E-state index in [9.17, 15) is 14.4 Å². The van der Waals surface area contributed by atoms with E-state index in [0.717, 1.165) is 4.57 Å². The minimum absolute atomic E-state index is 0.0319. The highest BCUT2D eigenvalue weighted by atomic mass is 16.2. The van der Waals surface area contributed by atoms with Crippen LogP contribution in [0.4, 0.5) is 5.69 Å². The van der Waals surface area contributed by atoms with Crippen molar-refractivity contribution in [3.05, 3.63) is 22.2 Å². The van der Waals surface area contributed by atoms with Gasteiger partial charge in [0.2, 0.25) is 11.8 Å². The molecule has 1 aromatic carbocycles. The Morgan fingerprint density at radius 1 is 1.22 bits per heavy atom. The number of fused-ring (bicyclic) bond motifs is 1. The Kier molecular flexibility index (Phi) is 4.21. The van der Waals surface area contributed by atoms with Crippen molar-refractivity contribution in [3.63, 3.8) is 0 Å². The van der Waals surface area contributed by atoms with Gasteiger partial charge in [0.15, 0.2) is 0 Å². The number of hydrogen-bond acceptors (Lipinski definition) is 5. The highest BCUT2D eigenvalue weighted by Crippen LogP contribution is 2.48. The second kappa shape index (κ2) is 5.84. The SMILES string of the molecule is [B]c1cc2nc(C)n(C3([B])C(=O)NC(=O)C([B])C3([B])[B])c(=O)c2c(N)c1[B]. The van der Waals surface area contributed by atoms with Gasteiger partial charge in [0.25, 0.3) is 5.56 Å². The van der Waals surface area contributed by atoms with E-state index in [1.165, 1.54) is 13.0 Å². The van der Waals surface area contributed by atoms with E-state index >= 15 is 0 Å². The van der Waals surface area contributed by atoms with E-state index < -0.39 is 33.8 Å². The van der Waals surface area contributed by atoms with Crippen molar-refractivity contribution in [3.8, 4) is 0 Å². The number of piperidine rings is 1. The summed E-state index contributed by atoms with van der Waals surface area (Å²) in [5, 5.41) is -0.488. The van der Waals surface area contributed by atoms with Gasteiger partial charge in [0.05, 0.1) is 39.9 Å². The summed E-state index contributed by atoms with van der Waals surface area (Å²) in [6.07, 6.45) is 0. The lowest BCUT2D eigenvalue weighted by Gasteiger charge is -2.52. The second-order valence-corrected chi connectivity index (χ2v) is 6.48. The standard InChI is InChI=1S/C14H8B6N4O3/c1-3-22-5-2-4(15)7(16)8(21)6(5)11(26)24(3)14(20)12(27)23-10(25)9(17)13(14,18)19/h2,9H,21H2,1H3,(H,23,25,27). The maximum atomic E-state index is 13.2. The molecule has 120 valence electrons. The molecule has 0 spiro atoms. The van der Waals surface area contributed by atoms with Gasteiger partial charge in [0.1, 0.15) is 29.4 Å². The first-order chi connectivity index (χ1) is 12.4. The minimum atomic E-state index is -2.44. The number of nitrogens with one attached hydrogen (secondary N) is 1. The molecular weight excluding hydrogens is 337 g/mol. The molecule has 1 aliphatic heterocycles. The maximum Gasteiger partial charge on any atom is 0.263 e. The number of imide groups is 1. The summed E-state index contributed by atoms with van der Waals surface area (Å²) >= 11 is 0. The number of hydrogen-bond donors (Lipinski definition) is 2. The average Bonchev–Trinajstić information content (AvgIpc) is 2.56. The first-order valence-electron chi connectivity index (χ1n) is 7.70. The van der Waals surface area contributed by atoms with Crippen LogP contribution in [0.1, 0.15) is 5.82 Å². The van der Waals surface area contributed by atoms with Crippen molar-refractivity contribution in [2.45, 2.75) is 23.4 Å². The van der Waals surface area contributed by atoms with Crippen molar-refractivity contribution >= 4 is 86.4 Å². The molecule has 0 aliphatic carbocycles. The van der Waals surface area contributed by atoms with Gasteiger partial charge in [-0.15, -0.1) is 0 Å². The molecule has 2 atom stereocenters. The fraction of sp³-hybridized carbons (Fsp3) is 0.286. The lowest BCUT2D eigenvalue weighted by molar-refractivity contribution is -0.138. The van der Waals surface area contributed by atoms with Crippen LogP contribution in [0.25, 0.3) is 10.9 Å². The number of benzene rings is 1. The number of aryl methyl sites for hydroxylation is 1. The molecule has 1 fully saturated rings. The van der Waals surface area contributed by atoms with E-state index in [1.807, 2.05) is 5.32 Å². The molecule has 0 bridgehead atoms. The maximum absolute atomic E-state index is 13.2. The minimum Gasteiger partial charge on any atom is -0.399 e. The van der Waals surface area contributed by atoms with Crippen LogP contribution >= 0.6 is 0 Å². The molecule has 2 amide bonds. The monoisotopic (exact) mass is 346 g/mol. The molecule has 13 heteroatoms. The third-order valence-corrected chi connectivity index (χ3v) is 4.83. The molecule has 2 aromatic rings. The fourth-order valence-electron chi connectivity index (χ4n) is 3.17. The predicted molar refractivity (Wildman–Crippen MR) is 107 cm³/mol. The average molecular weight is 345 g/mol. The van der Waals surface area contributed by atoms with Gasteiger partial charge in [-0.2, -0.15) is 0 Å². The highest BCUT2D eigenvalue weighted by Gasteiger charge is 2.56. The summed E-state index contributed by atoms with van der Waals surface area (Å²) in [4.78, 5) is 41.9. The Morgan fingerprint density at radius 2 is 1.81 bits per heavy atom. The Morgan fingerprint density at radius 3 is 2.41 bits per heavy atom. The summed E-state index contributed by atoms with van der Waals surface area (Å²) in [7, 11) is 35.4. The van der Waals surface area contributed by atoms with Gasteiger partial charge in [-0.3, -0.25) is 24.3 Å². The van der Waals surface area contributed by atoms with Gasteiger partial charge in [-0.05, 0) is 18.8 Å². The van der Waals surface area contributed by atoms with Crippen LogP contribution in [0, 0.1) is 6.92 Å². The molecular formula is C14H8B6N4O3. The molecule has 3 N–H and O–H groups in total. The van der Waals surface area contributed by atoms with E-state index in [4.69, 9.17) is 52.8 Å². The Balaban J connectivity index is 2.46. The summed E-state index contributed by atoms with van der Waals surface area (Å²) < 4.78 is 0.753. The lowest BCUT2D eigenvalue weighted by atomic mass is 9.31. The molecule has 2 heterocycles. The number of nitrogen functional groups attached to an aromatic ring is 1. The number of aromatic nitrogens is 2. The van der Waals surface area contributed by atoms with Crippen molar-refractivity contribution in [2.75, 3.05) is 5.73 Å². The van der Waals surface area contributed by atoms with E-state index in [0.29, 0.717) is 0 Å². The van der Waals surface area contributed by atoms with Crippen LogP contribution in [0.5, 0.6) is 0 Å². The van der Waals surface area contributed by atoms with Gasteiger partial charge in [0, 0.05) is 5.69 Å². The highest BCUT2D eigenvalue weighted by molar-refractivity contribution is 6.55. The summed E-state index contributed by atoms with van der Waals surface area (Å²) in [6.45, 7) is 1.39. The smallest absolute Gasteiger partial charge is 0.263 e. The Bertz CT molecular complexity index is 1080. The second-order valence-electron chi connectivity index (χ2n) is 6.48. The zero-order valence-electron chi connectivity index (χ0n) is 14.3. The van der Waals surface area contributed by atoms with Gasteiger partial charge in [-0.25, -0.2) is 4.98 Å². The number of carbonyl (C=O) groups is 2. The molecule has 2 unspecified atom stereocenters. The van der Waals surface area contributed by atoms with Crippen LogP contribution in [0.15, 0.2) is 10.9 Å². The molecule has 12 radical (unpaired) electrons. The van der Waals surface area contributed by atoms with Crippen LogP contribution in [-0.4, -0.2) is 68.4 Å². The molecule has 1 aromatic heterocycles. The number of amides is 2. The number of carbonyl (C=O) groups excluding carboxylic acids is 2. The molecule has 0 saturated carbocycles. The number of anilines is 1. The predicted octanol–water partition coefficient (Wildman–Crippen LogP) is -4.24. The van der Waals surface area contributed by atoms with E-state index in [2.05, 4.69) is 4.98 Å². The molecule has 1 aliphatic rings. The normalized spacial score (nSPS) is 24.7. The van der Waals surface area contributed by atoms with E-state index in [-0.39, 0.29) is 33.3 Å². The largest absolute Gasteiger partial charge is 0.399 e. The van der Waals surface area contributed by atoms with E-state index in [1.54, 1.807) is 0 Å². The first kappa shape index (κ1) is 19.5. The van der Waals surface area contributed by atoms with Crippen LogP contribution in [-0.2, 0) is 15.0 Å². The third kappa shape index (κ3) is 2.36. The van der Waals surface area contributed by atoms with Crippen molar-refractivity contribution < 1.29 is 9.59 Å². The van der Waals surface area contributed by atoms with Crippen LogP contribution < -0.4 is 27.5 Å². The Labute approximate surface area is 162 Å². The van der Waals surface area contributed by atoms with Gasteiger partial charge in [-0.1, -0.05) is 16.1 Å². The summed E-state index contributed by atoms with van der Waals surface area (Å²) in [5.41, 5.74) is 2.72. The summed E-state index contributed by atoms with van der Waals surface area (Å²) in [5.74, 6) is -3.67. The van der Waals surface area contributed by atoms with Crippen molar-refractivity contribution in [2.24, 2.45) is 0 Å². The van der Waals surface area contributed by atoms with Gasteiger partial charge < -0.3 is 5.73 Å². The Hall–Kier alpha value is -2.31. The van der Waals surface area contributed by atoms with Gasteiger partial charge >= 0.3 is 0 Å². The molecule has 7 nitrogen and oxygen atoms in total. The summed E-state index contributed by atoms with van der Waals surface area (Å²) in [6, 6.07) is 1.36. The first-order valence-corrected chi connectivity index (χ1v) is 7.70. The van der Waals surface area contributed by atoms with Crippen LogP contribution in [0.2, 0.25) is 11.0 Å². The molecule has 1 saturated heterocycles. The zero-order chi connectivity index (χ0) is 20.5. The fourth-order valence-corrected chi connectivity index (χ4v) is 3.17. The molecule has 27 heavy (non-hydrogen) atoms. The van der Waals surface area contributed by atoms with Crippen LogP contribution in [0.3, 0.4) is 0 Å². The topological polar surface area (TPSA) is 107 Å². The third-order valence-electron chi connectivity index (χ3n) is 4.83. The zero-order valence-corrected chi connectivity index (χ0v) is 14.3. The molecule has 3 rings (SSSR count). The lowest BCUT2D eigenvalue weighted by Crippen LogP contribution is -2.68. The van der Waals surface area contributed by atoms with Crippen molar-refractivity contribution in [1.82, 2.24) is 14.9 Å².